The number of benzene rings is 4. The molecule has 0 saturated heterocycles. The fraction of sp³-hybridized carbons (Fsp3) is 0.442. The van der Waals surface area contributed by atoms with Crippen LogP contribution in [0.3, 0.4) is 0 Å². The highest BCUT2D eigenvalue weighted by atomic mass is 35.5. The number of hydrogen-bond acceptors (Lipinski definition) is 10. The number of unbranched alkanes of at least 4 members (excludes halogenated alkanes) is 11. The van der Waals surface area contributed by atoms with Crippen LogP contribution in [0.2, 0.25) is 5.02 Å². The number of hydrogen-bond donors (Lipinski definition) is 4. The minimum absolute atomic E-state index is 0.132. The van der Waals surface area contributed by atoms with Gasteiger partial charge in [-0.1, -0.05) is 126 Å². The molecule has 0 aliphatic heterocycles. The van der Waals surface area contributed by atoms with Gasteiger partial charge >= 0.3 is 22.5 Å². The summed E-state index contributed by atoms with van der Waals surface area (Å²) in [7, 11) is 0. The van der Waals surface area contributed by atoms with Crippen molar-refractivity contribution in [3.05, 3.63) is 106 Å². The Balaban J connectivity index is 1.07. The largest absolute Gasteiger partial charge is 0.493 e. The first-order valence-corrected chi connectivity index (χ1v) is 27.0. The van der Waals surface area contributed by atoms with Gasteiger partial charge in [-0.25, -0.2) is 4.52 Å². The number of ether oxygens (including phenoxy) is 3. The number of anilines is 2. The topological polar surface area (TPSA) is 179 Å². The van der Waals surface area contributed by atoms with Gasteiger partial charge in [-0.15, -0.1) is 10.2 Å². The van der Waals surface area contributed by atoms with Crippen LogP contribution in [0, 0.1) is 20.8 Å². The molecule has 15 nitrogen and oxygen atoms in total. The molecule has 4 N–H and O–H groups in total. The van der Waals surface area contributed by atoms with E-state index in [9.17, 15) is 13.2 Å². The lowest BCUT2D eigenvalue weighted by atomic mass is 10.1. The standard InChI is InChI=1S/C52H68ClN7O8S2/c1-6-8-10-12-14-17-30-65-44-27-24-38(4)34-46(44)67-70(63)59-42-25-28-45(66-31-18-15-13-11-9-7-2)47(36-42)68-69(62)58-41-22-20-21-40(35-41)50-55-56-51-48(53)49(57-60(50)51)52(61)54-29-16-19-32-64-43-26-23-37(3)33-39(43)5/h20-28,33-36,57-59H,6-19,29-32H2,1-5H3,(H,54,61). The maximum absolute atomic E-state index is 13.7. The molecule has 0 aliphatic rings. The highest BCUT2D eigenvalue weighted by Crippen LogP contribution is 2.34. The van der Waals surface area contributed by atoms with Crippen molar-refractivity contribution in [1.29, 1.82) is 0 Å². The van der Waals surface area contributed by atoms with Crippen LogP contribution >= 0.6 is 11.6 Å². The lowest BCUT2D eigenvalue weighted by Crippen LogP contribution is -2.25. The third kappa shape index (κ3) is 16.4. The van der Waals surface area contributed by atoms with Gasteiger partial charge < -0.3 is 27.9 Å². The Bertz CT molecular complexity index is 2660. The number of carbonyl (C=O) groups is 1. The third-order valence-corrected chi connectivity index (χ3v) is 13.2. The normalized spacial score (nSPS) is 12.1. The van der Waals surface area contributed by atoms with E-state index in [1.807, 2.05) is 45.0 Å². The fourth-order valence-corrected chi connectivity index (χ4v) is 9.17. The average Bonchev–Trinajstić information content (AvgIpc) is 3.91. The van der Waals surface area contributed by atoms with Crippen LogP contribution in [0.5, 0.6) is 28.7 Å². The SMILES string of the molecule is CCCCCCCCOc1ccc(C)cc1OS(=O)Nc1ccc(OCCCCCCCC)c(OS(=O)Nc2cccc(-c3nnc4c(Cl)c(C(=O)NCCCCOc5ccc(C)cc5C)[nH]n34)c2)c1. The van der Waals surface area contributed by atoms with E-state index in [0.29, 0.717) is 72.8 Å². The van der Waals surface area contributed by atoms with E-state index in [0.717, 1.165) is 55.4 Å². The second-order valence-electron chi connectivity index (χ2n) is 17.3. The number of aromatic amines is 1. The summed E-state index contributed by atoms with van der Waals surface area (Å²) in [6.45, 7) is 12.3. The van der Waals surface area contributed by atoms with Crippen LogP contribution in [-0.2, 0) is 22.5 Å². The first-order valence-electron chi connectivity index (χ1n) is 24.5. The van der Waals surface area contributed by atoms with Gasteiger partial charge in [-0.2, -0.15) is 8.42 Å². The minimum atomic E-state index is -2.13. The van der Waals surface area contributed by atoms with Gasteiger partial charge in [-0.3, -0.25) is 19.3 Å². The number of nitrogens with one attached hydrogen (secondary N) is 4. The molecule has 6 rings (SSSR count). The Kier molecular flexibility index (Phi) is 21.6. The zero-order chi connectivity index (χ0) is 49.7. The number of amides is 1. The summed E-state index contributed by atoms with van der Waals surface area (Å²) >= 11 is 2.48. The molecule has 378 valence electrons. The molecule has 4 aromatic carbocycles. The van der Waals surface area contributed by atoms with Gasteiger partial charge in [0.1, 0.15) is 16.5 Å². The first kappa shape index (κ1) is 53.6. The van der Waals surface area contributed by atoms with Crippen LogP contribution in [0.1, 0.15) is 131 Å². The van der Waals surface area contributed by atoms with Crippen molar-refractivity contribution in [2.75, 3.05) is 35.8 Å². The maximum Gasteiger partial charge on any atom is 0.316 e. The van der Waals surface area contributed by atoms with Crippen LogP contribution < -0.4 is 37.3 Å². The van der Waals surface area contributed by atoms with Crippen LogP contribution in [0.15, 0.2) is 78.9 Å². The van der Waals surface area contributed by atoms with Gasteiger partial charge in [-0.05, 0) is 100 Å². The van der Waals surface area contributed by atoms with E-state index in [2.05, 4.69) is 50.0 Å². The Labute approximate surface area is 422 Å². The molecule has 0 radical (unpaired) electrons. The van der Waals surface area contributed by atoms with Crippen molar-refractivity contribution < 1.29 is 35.8 Å². The Hall–Kier alpha value is -5.78. The monoisotopic (exact) mass is 1020 g/mol. The predicted molar refractivity (Wildman–Crippen MR) is 281 cm³/mol. The number of fused-ring (bicyclic) bond motifs is 1. The van der Waals surface area contributed by atoms with Crippen molar-refractivity contribution >= 4 is 57.1 Å². The minimum Gasteiger partial charge on any atom is -0.493 e. The Morgan fingerprint density at radius 3 is 1.80 bits per heavy atom. The lowest BCUT2D eigenvalue weighted by molar-refractivity contribution is 0.0947. The zero-order valence-corrected chi connectivity index (χ0v) is 43.4. The molecule has 0 fully saturated rings. The zero-order valence-electron chi connectivity index (χ0n) is 41.0. The second kappa shape index (κ2) is 28.2. The molecule has 6 aromatic rings. The summed E-state index contributed by atoms with van der Waals surface area (Å²) in [5.41, 5.74) is 5.04. The van der Waals surface area contributed by atoms with Gasteiger partial charge in [0.2, 0.25) is 0 Å². The van der Waals surface area contributed by atoms with Crippen molar-refractivity contribution in [2.45, 2.75) is 125 Å². The van der Waals surface area contributed by atoms with Crippen LogP contribution in [-0.4, -0.2) is 60.5 Å². The van der Waals surface area contributed by atoms with Crippen LogP contribution in [0.25, 0.3) is 17.0 Å². The second-order valence-corrected chi connectivity index (χ2v) is 19.4. The van der Waals surface area contributed by atoms with E-state index < -0.39 is 22.5 Å². The molecule has 2 atom stereocenters. The molecule has 1 amide bonds. The highest BCUT2D eigenvalue weighted by Gasteiger charge is 2.22. The quantitative estimate of drug-likeness (QED) is 0.0297. The van der Waals surface area contributed by atoms with E-state index in [4.69, 9.17) is 34.2 Å². The van der Waals surface area contributed by atoms with E-state index in [1.165, 1.54) is 55.0 Å². The molecule has 70 heavy (non-hydrogen) atoms. The van der Waals surface area contributed by atoms with Gasteiger partial charge in [0, 0.05) is 18.2 Å². The van der Waals surface area contributed by atoms with Crippen LogP contribution in [0.4, 0.5) is 11.4 Å². The number of nitrogens with zero attached hydrogens (tertiary/aromatic N) is 3. The number of halogens is 1. The van der Waals surface area contributed by atoms with Gasteiger partial charge in [0.05, 0.1) is 31.2 Å². The summed E-state index contributed by atoms with van der Waals surface area (Å²) in [4.78, 5) is 13.2. The number of carbonyl (C=O) groups excluding carboxylic acids is 1. The molecule has 0 saturated carbocycles. The molecule has 18 heteroatoms. The number of rotatable bonds is 32. The molecule has 2 unspecified atom stereocenters. The van der Waals surface area contributed by atoms with Crippen molar-refractivity contribution in [2.24, 2.45) is 0 Å². The van der Waals surface area contributed by atoms with Crippen molar-refractivity contribution in [3.63, 3.8) is 0 Å². The molecular weight excluding hydrogens is 950 g/mol. The summed E-state index contributed by atoms with van der Waals surface area (Å²) < 4.78 is 64.4. The summed E-state index contributed by atoms with van der Waals surface area (Å²) in [6, 6.07) is 23.6. The predicted octanol–water partition coefficient (Wildman–Crippen LogP) is 12.5. The molecular formula is C52H68ClN7O8S2. The highest BCUT2D eigenvalue weighted by molar-refractivity contribution is 7.82. The average molecular weight is 1020 g/mol. The Morgan fingerprint density at radius 1 is 0.614 bits per heavy atom. The fourth-order valence-electron chi connectivity index (χ4n) is 7.61. The van der Waals surface area contributed by atoms with Crippen molar-refractivity contribution in [1.82, 2.24) is 25.1 Å². The summed E-state index contributed by atoms with van der Waals surface area (Å²) in [5.74, 6) is 2.25. The third-order valence-electron chi connectivity index (χ3n) is 11.4. The van der Waals surface area contributed by atoms with E-state index in [-0.39, 0.29) is 28.0 Å². The molecule has 0 bridgehead atoms. The number of aromatic nitrogens is 4. The summed E-state index contributed by atoms with van der Waals surface area (Å²) in [5, 5.41) is 14.7. The van der Waals surface area contributed by atoms with E-state index >= 15 is 0 Å². The van der Waals surface area contributed by atoms with Crippen molar-refractivity contribution in [3.8, 4) is 40.1 Å². The molecule has 2 heterocycles. The van der Waals surface area contributed by atoms with Gasteiger partial charge in [0.25, 0.3) is 5.91 Å². The number of H-pyrrole nitrogens is 1. The van der Waals surface area contributed by atoms with E-state index in [1.54, 1.807) is 48.5 Å². The summed E-state index contributed by atoms with van der Waals surface area (Å²) in [6.07, 6.45) is 14.8. The maximum atomic E-state index is 13.7. The molecule has 0 aliphatic carbocycles. The molecule has 0 spiro atoms. The Morgan fingerprint density at radius 2 is 1.16 bits per heavy atom. The first-order chi connectivity index (χ1) is 34.0. The van der Waals surface area contributed by atoms with Gasteiger partial charge in [0.15, 0.2) is 34.5 Å². The lowest BCUT2D eigenvalue weighted by Gasteiger charge is -2.15. The smallest absolute Gasteiger partial charge is 0.316 e. The number of aryl methyl sites for hydroxylation is 3. The molecule has 2 aromatic heterocycles.